The van der Waals surface area contributed by atoms with Crippen LogP contribution in [-0.2, 0) is 22.4 Å². The SMILES string of the molecule is O=C(CC(=O)Cc1cccc2ccccc12)Cc1cccc2ccccc12. The highest BCUT2D eigenvalue weighted by Gasteiger charge is 2.13. The van der Waals surface area contributed by atoms with Gasteiger partial charge in [0.15, 0.2) is 0 Å². The smallest absolute Gasteiger partial charge is 0.144 e. The van der Waals surface area contributed by atoms with Gasteiger partial charge in [-0.2, -0.15) is 0 Å². The summed E-state index contributed by atoms with van der Waals surface area (Å²) in [6.45, 7) is 0. The molecule has 0 bridgehead atoms. The molecule has 0 aliphatic carbocycles. The van der Waals surface area contributed by atoms with E-state index in [0.29, 0.717) is 12.8 Å². The van der Waals surface area contributed by atoms with Crippen LogP contribution in [-0.4, -0.2) is 11.6 Å². The van der Waals surface area contributed by atoms with Crippen molar-refractivity contribution in [3.63, 3.8) is 0 Å². The number of carbonyl (C=O) groups is 2. The molecule has 0 radical (unpaired) electrons. The van der Waals surface area contributed by atoms with E-state index in [9.17, 15) is 9.59 Å². The Morgan fingerprint density at radius 2 is 0.926 bits per heavy atom. The first-order valence-electron chi connectivity index (χ1n) is 9.17. The first-order chi connectivity index (χ1) is 13.2. The summed E-state index contributed by atoms with van der Waals surface area (Å²) in [4.78, 5) is 25.0. The zero-order chi connectivity index (χ0) is 18.6. The highest BCUT2D eigenvalue weighted by molar-refractivity contribution is 6.03. The molecule has 0 atom stereocenters. The predicted octanol–water partition coefficient (Wildman–Crippen LogP) is 5.31. The van der Waals surface area contributed by atoms with Gasteiger partial charge >= 0.3 is 0 Å². The Balaban J connectivity index is 1.47. The molecule has 0 saturated heterocycles. The Bertz CT molecular complexity index is 1040. The molecule has 27 heavy (non-hydrogen) atoms. The van der Waals surface area contributed by atoms with Gasteiger partial charge in [0, 0.05) is 12.8 Å². The van der Waals surface area contributed by atoms with E-state index in [4.69, 9.17) is 0 Å². The van der Waals surface area contributed by atoms with Gasteiger partial charge in [-0.15, -0.1) is 0 Å². The molecule has 0 heterocycles. The van der Waals surface area contributed by atoms with Gasteiger partial charge in [-0.25, -0.2) is 0 Å². The first-order valence-corrected chi connectivity index (χ1v) is 9.17. The largest absolute Gasteiger partial charge is 0.299 e. The van der Waals surface area contributed by atoms with E-state index in [-0.39, 0.29) is 18.0 Å². The molecule has 4 aromatic rings. The second-order valence-corrected chi connectivity index (χ2v) is 6.88. The average Bonchev–Trinajstić information content (AvgIpc) is 2.68. The molecular weight excluding hydrogens is 332 g/mol. The van der Waals surface area contributed by atoms with Crippen LogP contribution in [0.15, 0.2) is 84.9 Å². The maximum absolute atomic E-state index is 12.5. The molecule has 0 unspecified atom stereocenters. The fourth-order valence-corrected chi connectivity index (χ4v) is 3.66. The van der Waals surface area contributed by atoms with E-state index >= 15 is 0 Å². The van der Waals surface area contributed by atoms with Crippen molar-refractivity contribution in [1.29, 1.82) is 0 Å². The molecule has 2 heteroatoms. The Hall–Kier alpha value is -3.26. The van der Waals surface area contributed by atoms with Gasteiger partial charge in [-0.05, 0) is 32.7 Å². The maximum atomic E-state index is 12.5. The van der Waals surface area contributed by atoms with E-state index in [2.05, 4.69) is 0 Å². The third kappa shape index (κ3) is 3.80. The number of fused-ring (bicyclic) bond motifs is 2. The molecule has 0 fully saturated rings. The molecule has 4 aromatic carbocycles. The molecule has 0 amide bonds. The van der Waals surface area contributed by atoms with Crippen molar-refractivity contribution in [2.45, 2.75) is 19.3 Å². The summed E-state index contributed by atoms with van der Waals surface area (Å²) in [6.07, 6.45) is 0.567. The fourth-order valence-electron chi connectivity index (χ4n) is 3.66. The number of Topliss-reactive ketones (excluding diaryl/α,β-unsaturated/α-hetero) is 2. The van der Waals surface area contributed by atoms with Crippen molar-refractivity contribution < 1.29 is 9.59 Å². The van der Waals surface area contributed by atoms with Crippen LogP contribution in [0.2, 0.25) is 0 Å². The number of rotatable bonds is 6. The highest BCUT2D eigenvalue weighted by Crippen LogP contribution is 2.21. The highest BCUT2D eigenvalue weighted by atomic mass is 16.1. The fraction of sp³-hybridized carbons (Fsp3) is 0.120. The Morgan fingerprint density at radius 3 is 1.41 bits per heavy atom. The van der Waals surface area contributed by atoms with Gasteiger partial charge in [0.05, 0.1) is 6.42 Å². The summed E-state index contributed by atoms with van der Waals surface area (Å²) >= 11 is 0. The van der Waals surface area contributed by atoms with E-state index in [1.807, 2.05) is 84.9 Å². The van der Waals surface area contributed by atoms with E-state index in [1.54, 1.807) is 0 Å². The van der Waals surface area contributed by atoms with Crippen LogP contribution in [0.4, 0.5) is 0 Å². The molecule has 0 aliphatic heterocycles. The number of ketones is 2. The van der Waals surface area contributed by atoms with Crippen molar-refractivity contribution >= 4 is 33.1 Å². The third-order valence-electron chi connectivity index (χ3n) is 4.93. The van der Waals surface area contributed by atoms with E-state index in [0.717, 1.165) is 32.7 Å². The number of carbonyl (C=O) groups excluding carboxylic acids is 2. The molecule has 0 aromatic heterocycles. The van der Waals surface area contributed by atoms with Crippen LogP contribution in [0.25, 0.3) is 21.5 Å². The average molecular weight is 352 g/mol. The molecule has 0 saturated carbocycles. The van der Waals surface area contributed by atoms with Gasteiger partial charge in [-0.1, -0.05) is 84.9 Å². The zero-order valence-electron chi connectivity index (χ0n) is 15.0. The molecule has 0 aliphatic rings. The van der Waals surface area contributed by atoms with E-state index < -0.39 is 0 Å². The summed E-state index contributed by atoms with van der Waals surface area (Å²) < 4.78 is 0. The zero-order valence-corrected chi connectivity index (χ0v) is 15.0. The lowest BCUT2D eigenvalue weighted by Crippen LogP contribution is -2.12. The van der Waals surface area contributed by atoms with Crippen LogP contribution in [0.1, 0.15) is 17.5 Å². The maximum Gasteiger partial charge on any atom is 0.144 e. The Labute approximate surface area is 158 Å². The van der Waals surface area contributed by atoms with Crippen LogP contribution in [0, 0.1) is 0 Å². The van der Waals surface area contributed by atoms with Crippen LogP contribution < -0.4 is 0 Å². The Morgan fingerprint density at radius 1 is 0.519 bits per heavy atom. The minimum Gasteiger partial charge on any atom is -0.299 e. The third-order valence-corrected chi connectivity index (χ3v) is 4.93. The number of hydrogen-bond acceptors (Lipinski definition) is 2. The monoisotopic (exact) mass is 352 g/mol. The summed E-state index contributed by atoms with van der Waals surface area (Å²) in [5.74, 6) is -0.0619. The van der Waals surface area contributed by atoms with Crippen LogP contribution in [0.3, 0.4) is 0 Å². The first kappa shape index (κ1) is 17.2. The van der Waals surface area contributed by atoms with Gasteiger partial charge < -0.3 is 0 Å². The number of benzene rings is 4. The molecule has 2 nitrogen and oxygen atoms in total. The summed E-state index contributed by atoms with van der Waals surface area (Å²) in [6, 6.07) is 28.0. The van der Waals surface area contributed by atoms with Gasteiger partial charge in [0.25, 0.3) is 0 Å². The topological polar surface area (TPSA) is 34.1 Å². The van der Waals surface area contributed by atoms with Crippen molar-refractivity contribution in [1.82, 2.24) is 0 Å². The second kappa shape index (κ2) is 7.55. The van der Waals surface area contributed by atoms with Gasteiger partial charge in [0.2, 0.25) is 0 Å². The molecule has 0 spiro atoms. The molecule has 132 valence electrons. The molecule has 0 N–H and O–H groups in total. The van der Waals surface area contributed by atoms with Gasteiger partial charge in [-0.3, -0.25) is 9.59 Å². The summed E-state index contributed by atoms with van der Waals surface area (Å²) in [7, 11) is 0. The van der Waals surface area contributed by atoms with Gasteiger partial charge in [0.1, 0.15) is 11.6 Å². The lowest BCUT2D eigenvalue weighted by atomic mass is 9.96. The second-order valence-electron chi connectivity index (χ2n) is 6.88. The minimum absolute atomic E-state index is 0.0214. The van der Waals surface area contributed by atoms with Crippen LogP contribution in [0.5, 0.6) is 0 Å². The van der Waals surface area contributed by atoms with Crippen molar-refractivity contribution in [3.8, 4) is 0 Å². The van der Waals surface area contributed by atoms with Crippen LogP contribution >= 0.6 is 0 Å². The quantitative estimate of drug-likeness (QED) is 0.441. The van der Waals surface area contributed by atoms with Crippen molar-refractivity contribution in [2.24, 2.45) is 0 Å². The van der Waals surface area contributed by atoms with Crippen molar-refractivity contribution in [2.75, 3.05) is 0 Å². The summed E-state index contributed by atoms with van der Waals surface area (Å²) in [5.41, 5.74) is 1.96. The number of hydrogen-bond donors (Lipinski definition) is 0. The predicted molar refractivity (Wildman–Crippen MR) is 110 cm³/mol. The standard InChI is InChI=1S/C25H20O2/c26-22(15-20-11-5-9-18-7-1-3-13-24(18)20)17-23(27)16-21-12-6-10-19-8-2-4-14-25(19)21/h1-14H,15-17H2. The summed E-state index contributed by atoms with van der Waals surface area (Å²) in [5, 5.41) is 4.39. The minimum atomic E-state index is -0.0309. The molecule has 4 rings (SSSR count). The lowest BCUT2D eigenvalue weighted by molar-refractivity contribution is -0.126. The normalized spacial score (nSPS) is 11.0. The molecular formula is C25H20O2. The lowest BCUT2D eigenvalue weighted by Gasteiger charge is -2.07. The van der Waals surface area contributed by atoms with Crippen molar-refractivity contribution in [3.05, 3.63) is 96.1 Å². The van der Waals surface area contributed by atoms with E-state index in [1.165, 1.54) is 0 Å². The Kier molecular flexibility index (Phi) is 4.80.